The van der Waals surface area contributed by atoms with Gasteiger partial charge in [-0.3, -0.25) is 4.79 Å². The molecule has 20 heavy (non-hydrogen) atoms. The number of hydrogen-bond acceptors (Lipinski definition) is 3. The Morgan fingerprint density at radius 2 is 2.05 bits per heavy atom. The van der Waals surface area contributed by atoms with Gasteiger partial charge in [0.15, 0.2) is 11.7 Å². The van der Waals surface area contributed by atoms with Gasteiger partial charge < -0.3 is 16.3 Å². The second-order valence-corrected chi connectivity index (χ2v) is 5.33. The Bertz CT molecular complexity index is 526. The Morgan fingerprint density at radius 1 is 1.45 bits per heavy atom. The first-order valence-electron chi connectivity index (χ1n) is 5.70. The summed E-state index contributed by atoms with van der Waals surface area (Å²) in [6.45, 7) is 3.39. The normalized spacial score (nSPS) is 13.4. The van der Waals surface area contributed by atoms with Crippen LogP contribution in [0.5, 0.6) is 0 Å². The predicted molar refractivity (Wildman–Crippen MR) is 74.4 cm³/mol. The van der Waals surface area contributed by atoms with Gasteiger partial charge in [-0.05, 0) is 27.9 Å². The van der Waals surface area contributed by atoms with Gasteiger partial charge in [-0.15, -0.1) is 0 Å². The first-order valence-corrected chi connectivity index (χ1v) is 6.50. The number of benzene rings is 1. The molecule has 110 valence electrons. The number of nitrogens with two attached hydrogens (primary N) is 1. The summed E-state index contributed by atoms with van der Waals surface area (Å²) in [7, 11) is 0. The van der Waals surface area contributed by atoms with E-state index in [0.29, 0.717) is 6.07 Å². The highest BCUT2D eigenvalue weighted by Crippen LogP contribution is 2.28. The molecule has 0 saturated carbocycles. The van der Waals surface area contributed by atoms with Gasteiger partial charge in [0, 0.05) is 10.5 Å². The number of anilines is 1. The average Bonchev–Trinajstić information content (AvgIpc) is 2.33. The molecule has 5 nitrogen and oxygen atoms in total. The van der Waals surface area contributed by atoms with Crippen LogP contribution in [0.3, 0.4) is 0 Å². The van der Waals surface area contributed by atoms with Crippen molar-refractivity contribution in [2.24, 2.45) is 22.7 Å². The van der Waals surface area contributed by atoms with Crippen molar-refractivity contribution in [3.63, 3.8) is 0 Å². The molecule has 0 fully saturated rings. The van der Waals surface area contributed by atoms with Gasteiger partial charge in [-0.25, -0.2) is 8.78 Å². The molecular formula is C12H14BrF2N3O2. The number of carbonyl (C=O) groups excluding carboxylic acids is 1. The third-order valence-electron chi connectivity index (χ3n) is 2.64. The summed E-state index contributed by atoms with van der Waals surface area (Å²) in [4.78, 5) is 12.1. The quantitative estimate of drug-likeness (QED) is 0.338. The third-order valence-corrected chi connectivity index (χ3v) is 3.26. The smallest absolute Gasteiger partial charge is 0.235 e. The van der Waals surface area contributed by atoms with Gasteiger partial charge >= 0.3 is 0 Å². The van der Waals surface area contributed by atoms with E-state index in [0.717, 1.165) is 6.07 Å². The lowest BCUT2D eigenvalue weighted by atomic mass is 9.93. The summed E-state index contributed by atoms with van der Waals surface area (Å²) in [6, 6.07) is 1.67. The summed E-state index contributed by atoms with van der Waals surface area (Å²) < 4.78 is 26.6. The molecular weight excluding hydrogens is 336 g/mol. The van der Waals surface area contributed by atoms with Crippen molar-refractivity contribution < 1.29 is 18.8 Å². The van der Waals surface area contributed by atoms with Crippen molar-refractivity contribution in [1.29, 1.82) is 0 Å². The number of amides is 1. The molecule has 0 heterocycles. The molecule has 0 aromatic heterocycles. The maximum atomic E-state index is 13.6. The molecule has 0 aliphatic rings. The van der Waals surface area contributed by atoms with Gasteiger partial charge in [0.25, 0.3) is 0 Å². The van der Waals surface area contributed by atoms with Gasteiger partial charge in [-0.1, -0.05) is 19.0 Å². The number of amidine groups is 1. The zero-order chi connectivity index (χ0) is 15.4. The van der Waals surface area contributed by atoms with Crippen molar-refractivity contribution in [3.05, 3.63) is 28.2 Å². The van der Waals surface area contributed by atoms with E-state index in [2.05, 4.69) is 26.4 Å². The lowest BCUT2D eigenvalue weighted by molar-refractivity contribution is -0.119. The maximum Gasteiger partial charge on any atom is 0.235 e. The van der Waals surface area contributed by atoms with Crippen LogP contribution < -0.4 is 11.1 Å². The SMILES string of the molecule is CC(C)C(C(=O)Nc1c(F)cc(F)cc1Br)C(N)=NO. The van der Waals surface area contributed by atoms with E-state index >= 15 is 0 Å². The molecule has 0 aliphatic carbocycles. The Morgan fingerprint density at radius 3 is 2.50 bits per heavy atom. The molecule has 1 atom stereocenters. The lowest BCUT2D eigenvalue weighted by Crippen LogP contribution is -2.38. The summed E-state index contributed by atoms with van der Waals surface area (Å²) in [6.07, 6.45) is 0. The van der Waals surface area contributed by atoms with Gasteiger partial charge in [0.2, 0.25) is 5.91 Å². The molecule has 1 aromatic rings. The summed E-state index contributed by atoms with van der Waals surface area (Å²) in [5, 5.41) is 13.8. The fraction of sp³-hybridized carbons (Fsp3) is 0.333. The van der Waals surface area contributed by atoms with E-state index in [-0.39, 0.29) is 21.9 Å². The highest BCUT2D eigenvalue weighted by Gasteiger charge is 2.28. The van der Waals surface area contributed by atoms with Crippen LogP contribution in [0.25, 0.3) is 0 Å². The standard InChI is InChI=1S/C12H14BrF2N3O2/c1-5(2)9(11(16)18-20)12(19)17-10-7(13)3-6(14)4-8(10)15/h3-5,9,20H,1-2H3,(H2,16,18)(H,17,19). The number of carbonyl (C=O) groups is 1. The fourth-order valence-corrected chi connectivity index (χ4v) is 2.21. The molecule has 0 saturated heterocycles. The molecule has 1 unspecified atom stereocenters. The molecule has 1 aromatic carbocycles. The molecule has 0 aliphatic heterocycles. The summed E-state index contributed by atoms with van der Waals surface area (Å²) in [5.74, 6) is -3.83. The van der Waals surface area contributed by atoms with Gasteiger partial charge in [0.05, 0.1) is 5.69 Å². The average molecular weight is 350 g/mol. The molecule has 8 heteroatoms. The summed E-state index contributed by atoms with van der Waals surface area (Å²) in [5.41, 5.74) is 5.25. The molecule has 0 bridgehead atoms. The monoisotopic (exact) mass is 349 g/mol. The van der Waals surface area contributed by atoms with Crippen LogP contribution in [-0.4, -0.2) is 17.0 Å². The minimum Gasteiger partial charge on any atom is -0.409 e. The zero-order valence-corrected chi connectivity index (χ0v) is 12.4. The number of hydrogen-bond donors (Lipinski definition) is 3. The van der Waals surface area contributed by atoms with E-state index < -0.39 is 23.5 Å². The number of halogens is 3. The molecule has 0 spiro atoms. The van der Waals surface area contributed by atoms with Crippen LogP contribution in [0.4, 0.5) is 14.5 Å². The van der Waals surface area contributed by atoms with Crippen molar-refractivity contribution in [2.75, 3.05) is 5.32 Å². The van der Waals surface area contributed by atoms with Crippen LogP contribution in [0.2, 0.25) is 0 Å². The maximum absolute atomic E-state index is 13.6. The highest BCUT2D eigenvalue weighted by atomic mass is 79.9. The Hall–Kier alpha value is -1.70. The number of nitrogens with one attached hydrogen (secondary N) is 1. The van der Waals surface area contributed by atoms with Gasteiger partial charge in [0.1, 0.15) is 11.7 Å². The number of rotatable bonds is 4. The van der Waals surface area contributed by atoms with Gasteiger partial charge in [-0.2, -0.15) is 0 Å². The lowest BCUT2D eigenvalue weighted by Gasteiger charge is -2.19. The Kier molecular flexibility index (Phi) is 5.43. The largest absolute Gasteiger partial charge is 0.409 e. The Labute approximate surface area is 123 Å². The second kappa shape index (κ2) is 6.65. The van der Waals surface area contributed by atoms with Crippen LogP contribution in [0.1, 0.15) is 13.8 Å². The van der Waals surface area contributed by atoms with Crippen molar-refractivity contribution >= 4 is 33.4 Å². The second-order valence-electron chi connectivity index (χ2n) is 4.48. The van der Waals surface area contributed by atoms with Crippen LogP contribution in [0, 0.1) is 23.5 Å². The first-order chi connectivity index (χ1) is 9.27. The predicted octanol–water partition coefficient (Wildman–Crippen LogP) is 2.68. The van der Waals surface area contributed by atoms with Crippen LogP contribution in [-0.2, 0) is 4.79 Å². The minimum atomic E-state index is -0.934. The molecule has 1 amide bonds. The van der Waals surface area contributed by atoms with Crippen LogP contribution >= 0.6 is 15.9 Å². The van der Waals surface area contributed by atoms with E-state index in [4.69, 9.17) is 10.9 Å². The third kappa shape index (κ3) is 3.66. The minimum absolute atomic E-state index is 0.0605. The van der Waals surface area contributed by atoms with Crippen LogP contribution in [0.15, 0.2) is 21.8 Å². The Balaban J connectivity index is 3.06. The first kappa shape index (κ1) is 16.4. The number of nitrogens with zero attached hydrogens (tertiary/aromatic N) is 1. The number of oxime groups is 1. The van der Waals surface area contributed by atoms with E-state index in [9.17, 15) is 13.6 Å². The topological polar surface area (TPSA) is 87.7 Å². The molecule has 4 N–H and O–H groups in total. The van der Waals surface area contributed by atoms with E-state index in [1.54, 1.807) is 13.8 Å². The fourth-order valence-electron chi connectivity index (χ4n) is 1.70. The summed E-state index contributed by atoms with van der Waals surface area (Å²) >= 11 is 2.96. The molecule has 1 rings (SSSR count). The zero-order valence-electron chi connectivity index (χ0n) is 10.8. The van der Waals surface area contributed by atoms with Crippen molar-refractivity contribution in [1.82, 2.24) is 0 Å². The molecule has 0 radical (unpaired) electrons. The van der Waals surface area contributed by atoms with Crippen molar-refractivity contribution in [3.8, 4) is 0 Å². The van der Waals surface area contributed by atoms with E-state index in [1.165, 1.54) is 0 Å². The van der Waals surface area contributed by atoms with Crippen molar-refractivity contribution in [2.45, 2.75) is 13.8 Å². The highest BCUT2D eigenvalue weighted by molar-refractivity contribution is 9.10. The van der Waals surface area contributed by atoms with E-state index in [1.807, 2.05) is 0 Å².